The lowest BCUT2D eigenvalue weighted by atomic mass is 10.1. The summed E-state index contributed by atoms with van der Waals surface area (Å²) in [5.41, 5.74) is 3.54. The van der Waals surface area contributed by atoms with E-state index in [0.29, 0.717) is 18.7 Å². The molecule has 1 fully saturated rings. The van der Waals surface area contributed by atoms with Gasteiger partial charge in [-0.05, 0) is 37.2 Å². The second kappa shape index (κ2) is 9.22. The third-order valence-electron chi connectivity index (χ3n) is 5.55. The van der Waals surface area contributed by atoms with Gasteiger partial charge in [0.15, 0.2) is 6.79 Å². The van der Waals surface area contributed by atoms with Crippen LogP contribution in [0.4, 0.5) is 5.69 Å². The van der Waals surface area contributed by atoms with E-state index < -0.39 is 0 Å². The van der Waals surface area contributed by atoms with Crippen molar-refractivity contribution in [3.05, 3.63) is 68.8 Å². The minimum Gasteiger partial charge on any atom is -0.467 e. The second-order valence-corrected chi connectivity index (χ2v) is 7.68. The van der Waals surface area contributed by atoms with Gasteiger partial charge >= 0.3 is 0 Å². The van der Waals surface area contributed by atoms with Gasteiger partial charge in [-0.2, -0.15) is 5.26 Å². The van der Waals surface area contributed by atoms with Crippen molar-refractivity contribution in [3.8, 4) is 11.8 Å². The van der Waals surface area contributed by atoms with Crippen molar-refractivity contribution in [3.63, 3.8) is 0 Å². The third-order valence-corrected chi connectivity index (χ3v) is 5.55. The highest BCUT2D eigenvalue weighted by molar-refractivity contribution is 5.50. The van der Waals surface area contributed by atoms with Gasteiger partial charge in [-0.25, -0.2) is 0 Å². The lowest BCUT2D eigenvalue weighted by Gasteiger charge is -2.25. The van der Waals surface area contributed by atoms with Crippen LogP contribution in [-0.4, -0.2) is 47.7 Å². The first-order valence-electron chi connectivity index (χ1n) is 10.1. The molecule has 8 nitrogen and oxygen atoms in total. The standard InChI is InChI=1S/C22H24N4O4/c23-12-17-2-4-18(5-3-17)13-24-6-1-7-25(9-8-24)14-19-10-21(26(27)28)11-20-15-29-16-30-22(19)20/h2-5,10-11H,1,6-9,13-16H2. The molecule has 0 saturated carbocycles. The molecule has 0 spiro atoms. The van der Waals surface area contributed by atoms with Crippen LogP contribution in [-0.2, 0) is 24.4 Å². The molecule has 2 heterocycles. The normalized spacial score (nSPS) is 17.4. The highest BCUT2D eigenvalue weighted by Gasteiger charge is 2.23. The molecule has 2 aliphatic rings. The largest absolute Gasteiger partial charge is 0.467 e. The van der Waals surface area contributed by atoms with Crippen LogP contribution < -0.4 is 4.74 Å². The fourth-order valence-electron chi connectivity index (χ4n) is 4.03. The predicted molar refractivity (Wildman–Crippen MR) is 110 cm³/mol. The molecule has 0 N–H and O–H groups in total. The molecular formula is C22H24N4O4. The van der Waals surface area contributed by atoms with E-state index in [1.807, 2.05) is 24.3 Å². The molecule has 0 aliphatic carbocycles. The lowest BCUT2D eigenvalue weighted by Crippen LogP contribution is -2.30. The van der Waals surface area contributed by atoms with E-state index in [-0.39, 0.29) is 17.4 Å². The van der Waals surface area contributed by atoms with Crippen LogP contribution in [0.2, 0.25) is 0 Å². The van der Waals surface area contributed by atoms with Crippen LogP contribution in [0.3, 0.4) is 0 Å². The molecule has 2 aromatic carbocycles. The zero-order valence-electron chi connectivity index (χ0n) is 16.7. The molecule has 2 aliphatic heterocycles. The Balaban J connectivity index is 1.42. The molecule has 0 aromatic heterocycles. The molecule has 30 heavy (non-hydrogen) atoms. The highest BCUT2D eigenvalue weighted by Crippen LogP contribution is 2.33. The number of fused-ring (bicyclic) bond motifs is 1. The van der Waals surface area contributed by atoms with Crippen LogP contribution in [0.1, 0.15) is 28.7 Å². The quantitative estimate of drug-likeness (QED) is 0.555. The molecule has 0 radical (unpaired) electrons. The summed E-state index contributed by atoms with van der Waals surface area (Å²) in [6.45, 7) is 5.70. The van der Waals surface area contributed by atoms with Gasteiger partial charge in [-0.15, -0.1) is 0 Å². The maximum Gasteiger partial charge on any atom is 0.270 e. The Morgan fingerprint density at radius 1 is 1.07 bits per heavy atom. The SMILES string of the molecule is N#Cc1ccc(CN2CCCN(Cc3cc([N+](=O)[O-])cc4c3OCOC4)CC2)cc1. The minimum atomic E-state index is -0.361. The van der Waals surface area contributed by atoms with Gasteiger partial charge in [0, 0.05) is 49.4 Å². The van der Waals surface area contributed by atoms with E-state index in [1.165, 1.54) is 5.56 Å². The van der Waals surface area contributed by atoms with Crippen molar-refractivity contribution in [2.45, 2.75) is 26.1 Å². The van der Waals surface area contributed by atoms with Crippen LogP contribution in [0.15, 0.2) is 36.4 Å². The van der Waals surface area contributed by atoms with Crippen molar-refractivity contribution < 1.29 is 14.4 Å². The molecule has 0 atom stereocenters. The first-order chi connectivity index (χ1) is 14.6. The fourth-order valence-corrected chi connectivity index (χ4v) is 4.03. The van der Waals surface area contributed by atoms with Crippen LogP contribution in [0.25, 0.3) is 0 Å². The Morgan fingerprint density at radius 3 is 2.50 bits per heavy atom. The summed E-state index contributed by atoms with van der Waals surface area (Å²) in [5, 5.41) is 20.3. The Hall–Kier alpha value is -2.99. The van der Waals surface area contributed by atoms with Gasteiger partial charge in [0.25, 0.3) is 5.69 Å². The zero-order chi connectivity index (χ0) is 20.9. The van der Waals surface area contributed by atoms with Gasteiger partial charge in [0.1, 0.15) is 5.75 Å². The number of rotatable bonds is 5. The van der Waals surface area contributed by atoms with Crippen molar-refractivity contribution in [2.24, 2.45) is 0 Å². The summed E-state index contributed by atoms with van der Waals surface area (Å²) < 4.78 is 11.0. The Labute approximate surface area is 175 Å². The number of nitro benzene ring substituents is 1. The van der Waals surface area contributed by atoms with E-state index >= 15 is 0 Å². The van der Waals surface area contributed by atoms with E-state index in [9.17, 15) is 10.1 Å². The third kappa shape index (κ3) is 4.76. The average molecular weight is 408 g/mol. The van der Waals surface area contributed by atoms with Crippen molar-refractivity contribution in [1.29, 1.82) is 5.26 Å². The molecule has 0 bridgehead atoms. The first-order valence-corrected chi connectivity index (χ1v) is 10.1. The molecular weight excluding hydrogens is 384 g/mol. The minimum absolute atomic E-state index is 0.0788. The number of ether oxygens (including phenoxy) is 2. The van der Waals surface area contributed by atoms with Crippen LogP contribution >= 0.6 is 0 Å². The molecule has 4 rings (SSSR count). The molecule has 2 aromatic rings. The maximum absolute atomic E-state index is 11.3. The maximum atomic E-state index is 11.3. The van der Waals surface area contributed by atoms with E-state index in [2.05, 4.69) is 15.9 Å². The van der Waals surface area contributed by atoms with Gasteiger partial charge in [0.05, 0.1) is 23.2 Å². The Bertz CT molecular complexity index is 955. The van der Waals surface area contributed by atoms with Crippen LogP contribution in [0, 0.1) is 21.4 Å². The zero-order valence-corrected chi connectivity index (χ0v) is 16.7. The van der Waals surface area contributed by atoms with Crippen LogP contribution in [0.5, 0.6) is 5.75 Å². The number of nitro groups is 1. The summed E-state index contributed by atoms with van der Waals surface area (Å²) in [7, 11) is 0. The summed E-state index contributed by atoms with van der Waals surface area (Å²) >= 11 is 0. The number of non-ortho nitro benzene ring substituents is 1. The van der Waals surface area contributed by atoms with E-state index in [1.54, 1.807) is 12.1 Å². The number of benzene rings is 2. The van der Waals surface area contributed by atoms with Crippen molar-refractivity contribution in [1.82, 2.24) is 9.80 Å². The topological polar surface area (TPSA) is 91.9 Å². The van der Waals surface area contributed by atoms with Gasteiger partial charge in [0.2, 0.25) is 0 Å². The summed E-state index contributed by atoms with van der Waals surface area (Å²) in [6.07, 6.45) is 1.03. The van der Waals surface area contributed by atoms with Gasteiger partial charge in [-0.1, -0.05) is 12.1 Å². The lowest BCUT2D eigenvalue weighted by molar-refractivity contribution is -0.385. The summed E-state index contributed by atoms with van der Waals surface area (Å²) in [4.78, 5) is 15.7. The average Bonchev–Trinajstić information content (AvgIpc) is 2.99. The number of hydrogen-bond acceptors (Lipinski definition) is 7. The number of nitrogens with zero attached hydrogens (tertiary/aromatic N) is 4. The smallest absolute Gasteiger partial charge is 0.270 e. The number of nitriles is 1. The Morgan fingerprint density at radius 2 is 1.80 bits per heavy atom. The monoisotopic (exact) mass is 408 g/mol. The second-order valence-electron chi connectivity index (χ2n) is 7.68. The molecule has 1 saturated heterocycles. The predicted octanol–water partition coefficient (Wildman–Crippen LogP) is 3.04. The fraction of sp³-hybridized carbons (Fsp3) is 0.409. The molecule has 156 valence electrons. The molecule has 8 heteroatoms. The van der Waals surface area contributed by atoms with E-state index in [4.69, 9.17) is 14.7 Å². The highest BCUT2D eigenvalue weighted by atomic mass is 16.7. The number of hydrogen-bond donors (Lipinski definition) is 0. The van der Waals surface area contributed by atoms with Crippen molar-refractivity contribution in [2.75, 3.05) is 33.0 Å². The summed E-state index contributed by atoms with van der Waals surface area (Å²) in [5.74, 6) is 0.727. The summed E-state index contributed by atoms with van der Waals surface area (Å²) in [6, 6.07) is 13.1. The van der Waals surface area contributed by atoms with E-state index in [0.717, 1.165) is 56.0 Å². The van der Waals surface area contributed by atoms with Gasteiger partial charge in [-0.3, -0.25) is 19.9 Å². The van der Waals surface area contributed by atoms with Crippen molar-refractivity contribution >= 4 is 5.69 Å². The molecule has 0 amide bonds. The van der Waals surface area contributed by atoms with Gasteiger partial charge < -0.3 is 9.47 Å². The first kappa shape index (κ1) is 20.3. The Kier molecular flexibility index (Phi) is 6.23. The molecule has 0 unspecified atom stereocenters.